The standard InChI is InChI=1S/C8H14N4O2/c1-5(2)7(8(9)14)12-4-10-11-6(12)3-13/h4-5,7,13H,3H2,1-2H3,(H2,9,14). The van der Waals surface area contributed by atoms with Gasteiger partial charge in [0.05, 0.1) is 0 Å². The molecule has 0 aliphatic rings. The first kappa shape index (κ1) is 10.6. The summed E-state index contributed by atoms with van der Waals surface area (Å²) in [5, 5.41) is 16.2. The minimum absolute atomic E-state index is 0.0359. The monoisotopic (exact) mass is 198 g/mol. The molecule has 6 nitrogen and oxygen atoms in total. The van der Waals surface area contributed by atoms with Gasteiger partial charge in [-0.3, -0.25) is 4.79 Å². The van der Waals surface area contributed by atoms with Crippen molar-refractivity contribution in [2.24, 2.45) is 11.7 Å². The molecular weight excluding hydrogens is 184 g/mol. The Kier molecular flexibility index (Phi) is 3.19. The molecular formula is C8H14N4O2. The molecule has 0 fully saturated rings. The summed E-state index contributed by atoms with van der Waals surface area (Å²) in [4.78, 5) is 11.2. The SMILES string of the molecule is CC(C)C(C(N)=O)n1cnnc1CO. The minimum atomic E-state index is -0.507. The van der Waals surface area contributed by atoms with Gasteiger partial charge in [0.15, 0.2) is 5.82 Å². The fraction of sp³-hybridized carbons (Fsp3) is 0.625. The van der Waals surface area contributed by atoms with Crippen LogP contribution in [0.5, 0.6) is 0 Å². The van der Waals surface area contributed by atoms with Crippen LogP contribution in [0.25, 0.3) is 0 Å². The second kappa shape index (κ2) is 4.19. The number of aliphatic hydroxyl groups excluding tert-OH is 1. The lowest BCUT2D eigenvalue weighted by molar-refractivity contribution is -0.122. The predicted molar refractivity (Wildman–Crippen MR) is 49.0 cm³/mol. The molecule has 1 amide bonds. The maximum Gasteiger partial charge on any atom is 0.240 e. The number of rotatable bonds is 4. The Hall–Kier alpha value is -1.43. The number of nitrogens with zero attached hydrogens (tertiary/aromatic N) is 3. The van der Waals surface area contributed by atoms with Crippen molar-refractivity contribution in [2.75, 3.05) is 0 Å². The van der Waals surface area contributed by atoms with Gasteiger partial charge in [-0.15, -0.1) is 10.2 Å². The first-order valence-electron chi connectivity index (χ1n) is 4.36. The lowest BCUT2D eigenvalue weighted by Crippen LogP contribution is -2.31. The average molecular weight is 198 g/mol. The first-order valence-corrected chi connectivity index (χ1v) is 4.36. The third-order valence-corrected chi connectivity index (χ3v) is 2.01. The van der Waals surface area contributed by atoms with Gasteiger partial charge >= 0.3 is 0 Å². The van der Waals surface area contributed by atoms with Gasteiger partial charge in [-0.1, -0.05) is 13.8 Å². The van der Waals surface area contributed by atoms with Crippen molar-refractivity contribution in [3.63, 3.8) is 0 Å². The van der Waals surface area contributed by atoms with Gasteiger partial charge in [0, 0.05) is 0 Å². The maximum absolute atomic E-state index is 11.2. The van der Waals surface area contributed by atoms with Gasteiger partial charge in [0.25, 0.3) is 0 Å². The quantitative estimate of drug-likeness (QED) is 0.678. The second-order valence-electron chi connectivity index (χ2n) is 3.40. The number of aromatic nitrogens is 3. The molecule has 0 bridgehead atoms. The van der Waals surface area contributed by atoms with E-state index in [-0.39, 0.29) is 12.5 Å². The van der Waals surface area contributed by atoms with Crippen molar-refractivity contribution in [1.82, 2.24) is 14.8 Å². The summed E-state index contributed by atoms with van der Waals surface area (Å²) in [6, 6.07) is -0.507. The fourth-order valence-electron chi connectivity index (χ4n) is 1.40. The summed E-state index contributed by atoms with van der Waals surface area (Å²) in [6.45, 7) is 3.49. The molecule has 0 aromatic carbocycles. The zero-order valence-corrected chi connectivity index (χ0v) is 8.21. The van der Waals surface area contributed by atoms with E-state index >= 15 is 0 Å². The summed E-state index contributed by atoms with van der Waals surface area (Å²) >= 11 is 0. The maximum atomic E-state index is 11.2. The Labute approximate surface area is 81.7 Å². The molecule has 14 heavy (non-hydrogen) atoms. The lowest BCUT2D eigenvalue weighted by Gasteiger charge is -2.19. The molecule has 0 aliphatic heterocycles. The molecule has 3 N–H and O–H groups in total. The van der Waals surface area contributed by atoms with E-state index in [0.29, 0.717) is 5.82 Å². The zero-order valence-electron chi connectivity index (χ0n) is 8.21. The Morgan fingerprint density at radius 2 is 2.36 bits per heavy atom. The van der Waals surface area contributed by atoms with Gasteiger partial charge < -0.3 is 15.4 Å². The van der Waals surface area contributed by atoms with Crippen LogP contribution in [-0.2, 0) is 11.4 Å². The third-order valence-electron chi connectivity index (χ3n) is 2.01. The lowest BCUT2D eigenvalue weighted by atomic mass is 10.0. The fourth-order valence-corrected chi connectivity index (χ4v) is 1.40. The molecule has 78 valence electrons. The summed E-state index contributed by atoms with van der Waals surface area (Å²) < 4.78 is 1.51. The highest BCUT2D eigenvalue weighted by atomic mass is 16.3. The average Bonchev–Trinajstić information content (AvgIpc) is 2.51. The van der Waals surface area contributed by atoms with Gasteiger partial charge in [0.1, 0.15) is 19.0 Å². The van der Waals surface area contributed by atoms with Crippen LogP contribution in [0.3, 0.4) is 0 Å². The van der Waals surface area contributed by atoms with Crippen LogP contribution < -0.4 is 5.73 Å². The summed E-state index contributed by atoms with van der Waals surface area (Å²) in [7, 11) is 0. The van der Waals surface area contributed by atoms with Crippen LogP contribution >= 0.6 is 0 Å². The first-order chi connectivity index (χ1) is 6.57. The Morgan fingerprint density at radius 1 is 1.71 bits per heavy atom. The zero-order chi connectivity index (χ0) is 10.7. The van der Waals surface area contributed by atoms with Crippen LogP contribution in [0.4, 0.5) is 0 Å². The highest BCUT2D eigenvalue weighted by Gasteiger charge is 2.23. The van der Waals surface area contributed by atoms with Crippen LogP contribution in [0.15, 0.2) is 6.33 Å². The van der Waals surface area contributed by atoms with Crippen molar-refractivity contribution in [1.29, 1.82) is 0 Å². The minimum Gasteiger partial charge on any atom is -0.388 e. The molecule has 1 aromatic rings. The van der Waals surface area contributed by atoms with Gasteiger partial charge in [-0.25, -0.2) is 0 Å². The van der Waals surface area contributed by atoms with E-state index in [1.165, 1.54) is 10.9 Å². The van der Waals surface area contributed by atoms with Crippen molar-refractivity contribution < 1.29 is 9.90 Å². The molecule has 1 atom stereocenters. The van der Waals surface area contributed by atoms with E-state index in [1.54, 1.807) is 0 Å². The van der Waals surface area contributed by atoms with Crippen LogP contribution in [0, 0.1) is 5.92 Å². The number of carbonyl (C=O) groups excluding carboxylic acids is 1. The molecule has 1 rings (SSSR count). The topological polar surface area (TPSA) is 94.0 Å². The largest absolute Gasteiger partial charge is 0.388 e. The van der Waals surface area contributed by atoms with Crippen LogP contribution in [0.2, 0.25) is 0 Å². The van der Waals surface area contributed by atoms with E-state index in [0.717, 1.165) is 0 Å². The molecule has 0 saturated heterocycles. The number of hydrogen-bond donors (Lipinski definition) is 2. The number of nitrogens with two attached hydrogens (primary N) is 1. The number of primary amides is 1. The second-order valence-corrected chi connectivity index (χ2v) is 3.40. The molecule has 1 heterocycles. The summed E-state index contributed by atoms with van der Waals surface area (Å²) in [6.07, 6.45) is 1.40. The van der Waals surface area contributed by atoms with Crippen LogP contribution in [0.1, 0.15) is 25.7 Å². The Morgan fingerprint density at radius 3 is 2.79 bits per heavy atom. The molecule has 0 aliphatic carbocycles. The number of aliphatic hydroxyl groups is 1. The number of hydrogen-bond acceptors (Lipinski definition) is 4. The summed E-state index contributed by atoms with van der Waals surface area (Å²) in [5.41, 5.74) is 5.26. The van der Waals surface area contributed by atoms with E-state index in [4.69, 9.17) is 10.8 Å². The predicted octanol–water partition coefficient (Wildman–Crippen LogP) is -0.547. The van der Waals surface area contributed by atoms with Gasteiger partial charge in [0.2, 0.25) is 5.91 Å². The van der Waals surface area contributed by atoms with E-state index in [2.05, 4.69) is 10.2 Å². The smallest absolute Gasteiger partial charge is 0.240 e. The molecule has 1 aromatic heterocycles. The third kappa shape index (κ3) is 1.90. The summed E-state index contributed by atoms with van der Waals surface area (Å²) in [5.74, 6) is -0.0641. The van der Waals surface area contributed by atoms with E-state index in [9.17, 15) is 4.79 Å². The number of carbonyl (C=O) groups is 1. The molecule has 0 radical (unpaired) electrons. The molecule has 0 saturated carbocycles. The van der Waals surface area contributed by atoms with Crippen LogP contribution in [-0.4, -0.2) is 25.8 Å². The highest BCUT2D eigenvalue weighted by molar-refractivity contribution is 5.78. The Balaban J connectivity index is 3.04. The number of amides is 1. The molecule has 0 spiro atoms. The van der Waals surface area contributed by atoms with Gasteiger partial charge in [-0.05, 0) is 5.92 Å². The van der Waals surface area contributed by atoms with Crippen molar-refractivity contribution >= 4 is 5.91 Å². The highest BCUT2D eigenvalue weighted by Crippen LogP contribution is 2.18. The Bertz CT molecular complexity index is 321. The molecule has 6 heteroatoms. The van der Waals surface area contributed by atoms with Gasteiger partial charge in [-0.2, -0.15) is 0 Å². The van der Waals surface area contributed by atoms with E-state index < -0.39 is 11.9 Å². The normalized spacial score (nSPS) is 13.1. The van der Waals surface area contributed by atoms with Crippen molar-refractivity contribution in [3.05, 3.63) is 12.2 Å². The van der Waals surface area contributed by atoms with E-state index in [1.807, 2.05) is 13.8 Å². The molecule has 1 unspecified atom stereocenters. The van der Waals surface area contributed by atoms with Crippen molar-refractivity contribution in [3.8, 4) is 0 Å². The van der Waals surface area contributed by atoms with Crippen molar-refractivity contribution in [2.45, 2.75) is 26.5 Å².